The maximum absolute atomic E-state index is 11.4. The lowest BCUT2D eigenvalue weighted by Gasteiger charge is -2.64. The van der Waals surface area contributed by atoms with Gasteiger partial charge in [0.25, 0.3) is 0 Å². The third-order valence-corrected chi connectivity index (χ3v) is 12.0. The summed E-state index contributed by atoms with van der Waals surface area (Å²) in [7, 11) is -4.98. The van der Waals surface area contributed by atoms with Crippen LogP contribution < -0.4 is 0 Å². The van der Waals surface area contributed by atoms with Crippen LogP contribution in [-0.2, 0) is 24.1 Å². The van der Waals surface area contributed by atoms with Crippen molar-refractivity contribution in [3.8, 4) is 0 Å². The molecule has 13 unspecified atom stereocenters. The molecular formula is C26H44O12S. The Morgan fingerprint density at radius 1 is 0.974 bits per heavy atom. The van der Waals surface area contributed by atoms with Gasteiger partial charge in [0.05, 0.1) is 25.9 Å². The van der Waals surface area contributed by atoms with E-state index in [2.05, 4.69) is 18.0 Å². The van der Waals surface area contributed by atoms with Crippen LogP contribution in [0.5, 0.6) is 0 Å². The van der Waals surface area contributed by atoms with Crippen molar-refractivity contribution in [1.29, 1.82) is 0 Å². The first kappa shape index (κ1) is 30.0. The molecule has 1 heterocycles. The molecule has 5 fully saturated rings. The van der Waals surface area contributed by atoms with Crippen LogP contribution in [-0.4, -0.2) is 106 Å². The summed E-state index contributed by atoms with van der Waals surface area (Å²) < 4.78 is 47.5. The Morgan fingerprint density at radius 3 is 2.33 bits per heavy atom. The van der Waals surface area contributed by atoms with E-state index in [1.807, 2.05) is 0 Å². The Balaban J connectivity index is 1.33. The van der Waals surface area contributed by atoms with Gasteiger partial charge < -0.3 is 40.1 Å². The normalized spacial score (nSPS) is 53.7. The maximum atomic E-state index is 11.4. The zero-order valence-corrected chi connectivity index (χ0v) is 23.4. The van der Waals surface area contributed by atoms with E-state index >= 15 is 0 Å². The van der Waals surface area contributed by atoms with Gasteiger partial charge in [0.2, 0.25) is 0 Å². The fraction of sp³-hybridized carbons (Fsp3) is 1.00. The molecule has 0 aromatic rings. The molecule has 13 atom stereocenters. The van der Waals surface area contributed by atoms with E-state index in [0.29, 0.717) is 6.42 Å². The summed E-state index contributed by atoms with van der Waals surface area (Å²) in [6.07, 6.45) is -2.28. The van der Waals surface area contributed by atoms with E-state index in [4.69, 9.17) is 14.0 Å². The molecule has 0 aromatic heterocycles. The zero-order chi connectivity index (χ0) is 28.6. The van der Waals surface area contributed by atoms with Gasteiger partial charge in [-0.05, 0) is 73.5 Å². The summed E-state index contributed by atoms with van der Waals surface area (Å²) in [6.45, 7) is 3.40. The number of hydrogen-bond acceptors (Lipinski definition) is 11. The summed E-state index contributed by atoms with van der Waals surface area (Å²) in [5, 5.41) is 63.4. The Labute approximate surface area is 229 Å². The van der Waals surface area contributed by atoms with Crippen molar-refractivity contribution in [3.05, 3.63) is 0 Å². The van der Waals surface area contributed by atoms with Gasteiger partial charge in [-0.15, -0.1) is 0 Å². The highest BCUT2D eigenvalue weighted by atomic mass is 32.3. The highest BCUT2D eigenvalue weighted by molar-refractivity contribution is 7.80. The largest absolute Gasteiger partial charge is 0.397 e. The van der Waals surface area contributed by atoms with Crippen LogP contribution in [0, 0.1) is 34.0 Å². The molecule has 4 aliphatic carbocycles. The number of ether oxygens (including phenoxy) is 2. The highest BCUT2D eigenvalue weighted by Gasteiger charge is 2.71. The van der Waals surface area contributed by atoms with Crippen molar-refractivity contribution in [2.75, 3.05) is 19.8 Å². The van der Waals surface area contributed by atoms with Gasteiger partial charge in [0.1, 0.15) is 30.0 Å². The third-order valence-electron chi connectivity index (χ3n) is 11.5. The van der Waals surface area contributed by atoms with Crippen molar-refractivity contribution >= 4 is 10.4 Å². The minimum Gasteiger partial charge on any atom is -0.394 e. The molecule has 5 aliphatic rings. The summed E-state index contributed by atoms with van der Waals surface area (Å²) in [5.41, 5.74) is -2.38. The van der Waals surface area contributed by atoms with Crippen LogP contribution in [0.3, 0.4) is 0 Å². The third kappa shape index (κ3) is 4.60. The number of rotatable bonds is 7. The van der Waals surface area contributed by atoms with Gasteiger partial charge in [0.15, 0.2) is 6.29 Å². The van der Waals surface area contributed by atoms with E-state index in [0.717, 1.165) is 44.9 Å². The Morgan fingerprint density at radius 2 is 1.69 bits per heavy atom. The van der Waals surface area contributed by atoms with Crippen molar-refractivity contribution in [1.82, 2.24) is 0 Å². The molecule has 1 aliphatic heterocycles. The second-order valence-corrected chi connectivity index (χ2v) is 14.5. The lowest BCUT2D eigenvalue weighted by atomic mass is 9.40. The molecule has 0 amide bonds. The number of aliphatic hydroxyl groups excluding tert-OH is 5. The Bertz CT molecular complexity index is 1020. The van der Waals surface area contributed by atoms with Crippen LogP contribution in [0.2, 0.25) is 0 Å². The second-order valence-electron chi connectivity index (χ2n) is 13.4. The van der Waals surface area contributed by atoms with E-state index < -0.39 is 71.4 Å². The van der Waals surface area contributed by atoms with Gasteiger partial charge >= 0.3 is 10.4 Å². The topological polar surface area (TPSA) is 203 Å². The molecule has 5 rings (SSSR count). The molecule has 13 heteroatoms. The van der Waals surface area contributed by atoms with Gasteiger partial charge in [-0.1, -0.05) is 20.3 Å². The highest BCUT2D eigenvalue weighted by Crippen LogP contribution is 2.72. The van der Waals surface area contributed by atoms with Crippen molar-refractivity contribution in [2.24, 2.45) is 34.0 Å². The lowest BCUT2D eigenvalue weighted by Crippen LogP contribution is -2.62. The molecule has 0 radical (unpaired) electrons. The van der Waals surface area contributed by atoms with Crippen LogP contribution >= 0.6 is 0 Å². The first-order valence-corrected chi connectivity index (χ1v) is 15.4. The van der Waals surface area contributed by atoms with Gasteiger partial charge in [-0.25, -0.2) is 4.18 Å². The van der Waals surface area contributed by atoms with Crippen LogP contribution in [0.1, 0.15) is 65.2 Å². The molecule has 226 valence electrons. The van der Waals surface area contributed by atoms with Gasteiger partial charge in [-0.3, -0.25) is 4.55 Å². The molecule has 1 spiro atoms. The fourth-order valence-electron chi connectivity index (χ4n) is 9.84. The molecular weight excluding hydrogens is 536 g/mol. The molecule has 2 bridgehead atoms. The smallest absolute Gasteiger partial charge is 0.394 e. The van der Waals surface area contributed by atoms with E-state index in [-0.39, 0.29) is 35.2 Å². The van der Waals surface area contributed by atoms with Gasteiger partial charge in [-0.2, -0.15) is 8.42 Å². The summed E-state index contributed by atoms with van der Waals surface area (Å²) in [5.74, 6) is 0.262. The number of hydrogen-bond donors (Lipinski definition) is 7. The average Bonchev–Trinajstić information content (AvgIpc) is 3.03. The summed E-state index contributed by atoms with van der Waals surface area (Å²) in [6, 6.07) is 0. The van der Waals surface area contributed by atoms with Gasteiger partial charge in [0, 0.05) is 5.41 Å². The summed E-state index contributed by atoms with van der Waals surface area (Å²) in [4.78, 5) is 0. The molecule has 1 saturated heterocycles. The minimum atomic E-state index is -4.98. The van der Waals surface area contributed by atoms with Crippen molar-refractivity contribution in [2.45, 2.75) is 108 Å². The number of aliphatic hydroxyl groups is 6. The second kappa shape index (κ2) is 10.1. The first-order chi connectivity index (χ1) is 18.1. The molecule has 39 heavy (non-hydrogen) atoms. The van der Waals surface area contributed by atoms with Crippen LogP contribution in [0.25, 0.3) is 0 Å². The van der Waals surface area contributed by atoms with Crippen LogP contribution in [0.4, 0.5) is 0 Å². The van der Waals surface area contributed by atoms with Crippen molar-refractivity contribution < 1.29 is 57.3 Å². The summed E-state index contributed by atoms with van der Waals surface area (Å²) >= 11 is 0. The predicted molar refractivity (Wildman–Crippen MR) is 134 cm³/mol. The molecule has 7 N–H and O–H groups in total. The molecule has 4 saturated carbocycles. The van der Waals surface area contributed by atoms with Crippen molar-refractivity contribution in [3.63, 3.8) is 0 Å². The molecule has 0 aromatic carbocycles. The zero-order valence-electron chi connectivity index (χ0n) is 22.6. The number of fused-ring (bicyclic) bond motifs is 3. The monoisotopic (exact) mass is 580 g/mol. The quantitative estimate of drug-likeness (QED) is 0.195. The average molecular weight is 581 g/mol. The van der Waals surface area contributed by atoms with E-state index in [9.17, 15) is 39.1 Å². The maximum Gasteiger partial charge on any atom is 0.397 e. The van der Waals surface area contributed by atoms with E-state index in [1.165, 1.54) is 0 Å². The van der Waals surface area contributed by atoms with Crippen LogP contribution in [0.15, 0.2) is 0 Å². The lowest BCUT2D eigenvalue weighted by molar-refractivity contribution is -0.307. The van der Waals surface area contributed by atoms with E-state index in [1.54, 1.807) is 0 Å². The Kier molecular flexibility index (Phi) is 7.76. The predicted octanol–water partition coefficient (Wildman–Crippen LogP) is -0.263. The minimum absolute atomic E-state index is 0.114. The standard InChI is InChI=1S/C26H44O12S/c1-23(13-36-21-19(30)18(29)20(15(11-27)37-21)38-39(33,34)35)7-3-8-24(2)16(23)6-9-25-10-14(4-5-17(24)25)26(32,12-28)22(25)31/h14-22,27-32H,3-13H2,1-2H3,(H,33,34,35). The SMILES string of the molecule is CC1(COC2OC(CO)C(OS(=O)(=O)O)C(O)C2O)CCCC2(C)C1CCC13CC(CCC21)C(O)(CO)C3O. The Hall–Kier alpha value is -0.450. The first-order valence-electron chi connectivity index (χ1n) is 14.1. The molecule has 12 nitrogen and oxygen atoms in total. The fourth-order valence-corrected chi connectivity index (χ4v) is 10.4.